The first kappa shape index (κ1) is 15.1. The fourth-order valence-electron chi connectivity index (χ4n) is 2.31. The van der Waals surface area contributed by atoms with Crippen molar-refractivity contribution in [3.63, 3.8) is 0 Å². The second-order valence-electron chi connectivity index (χ2n) is 4.90. The minimum Gasteiger partial charge on any atom is -0.313 e. The first-order valence-electron chi connectivity index (χ1n) is 7.24. The first-order valence-corrected chi connectivity index (χ1v) is 7.61. The molecule has 4 heteroatoms. The summed E-state index contributed by atoms with van der Waals surface area (Å²) in [5.74, 6) is 0. The lowest BCUT2D eigenvalue weighted by Crippen LogP contribution is -2.14. The molecule has 0 unspecified atom stereocenters. The molecule has 0 aliphatic heterocycles. The van der Waals surface area contributed by atoms with Crippen LogP contribution in [0.3, 0.4) is 0 Å². The normalized spacial score (nSPS) is 10.9. The summed E-state index contributed by atoms with van der Waals surface area (Å²) in [5, 5.41) is 8.72. The van der Waals surface area contributed by atoms with Crippen molar-refractivity contribution in [1.29, 1.82) is 0 Å². The Balaban J connectivity index is 2.22. The summed E-state index contributed by atoms with van der Waals surface area (Å²) in [6.45, 7) is 6.91. The van der Waals surface area contributed by atoms with Crippen LogP contribution < -0.4 is 5.32 Å². The van der Waals surface area contributed by atoms with Crippen molar-refractivity contribution in [2.75, 3.05) is 6.54 Å². The Kier molecular flexibility index (Phi) is 5.62. The molecule has 2 aromatic rings. The second-order valence-corrected chi connectivity index (χ2v) is 5.30. The molecule has 0 aliphatic carbocycles. The Morgan fingerprint density at radius 1 is 1.20 bits per heavy atom. The van der Waals surface area contributed by atoms with Crippen molar-refractivity contribution >= 4 is 11.6 Å². The fraction of sp³-hybridized carbons (Fsp3) is 0.438. The SMILES string of the molecule is CCCc1c(CNCC)cnn1Cc1ccccc1Cl. The topological polar surface area (TPSA) is 29.9 Å². The Hall–Kier alpha value is -1.32. The standard InChI is InChI=1S/C16H22ClN3/c1-3-7-16-14(10-18-4-2)11-19-20(16)12-13-8-5-6-9-15(13)17/h5-6,8-9,11,18H,3-4,7,10,12H2,1-2H3. The highest BCUT2D eigenvalue weighted by molar-refractivity contribution is 6.31. The van der Waals surface area contributed by atoms with Crippen LogP contribution in [0.25, 0.3) is 0 Å². The Morgan fingerprint density at radius 2 is 2.00 bits per heavy atom. The van der Waals surface area contributed by atoms with Crippen LogP contribution in [0.15, 0.2) is 30.5 Å². The second kappa shape index (κ2) is 7.46. The number of hydrogen-bond acceptors (Lipinski definition) is 2. The van der Waals surface area contributed by atoms with E-state index in [1.54, 1.807) is 0 Å². The monoisotopic (exact) mass is 291 g/mol. The van der Waals surface area contributed by atoms with Gasteiger partial charge in [0.1, 0.15) is 0 Å². The maximum atomic E-state index is 6.24. The lowest BCUT2D eigenvalue weighted by Gasteiger charge is -2.10. The van der Waals surface area contributed by atoms with Crippen LogP contribution in [0, 0.1) is 0 Å². The summed E-state index contributed by atoms with van der Waals surface area (Å²) in [5.41, 5.74) is 3.72. The molecule has 1 N–H and O–H groups in total. The molecule has 0 amide bonds. The van der Waals surface area contributed by atoms with Gasteiger partial charge in [-0.05, 0) is 24.6 Å². The molecule has 0 aliphatic rings. The number of hydrogen-bond donors (Lipinski definition) is 1. The first-order chi connectivity index (χ1) is 9.76. The minimum atomic E-state index is 0.737. The number of nitrogens with zero attached hydrogens (tertiary/aromatic N) is 2. The van der Waals surface area contributed by atoms with Crippen LogP contribution in [0.1, 0.15) is 37.1 Å². The molecule has 3 nitrogen and oxygen atoms in total. The predicted octanol–water partition coefficient (Wildman–Crippen LogP) is 3.65. The maximum absolute atomic E-state index is 6.24. The number of halogens is 1. The third kappa shape index (κ3) is 3.62. The average Bonchev–Trinajstić information content (AvgIpc) is 2.82. The van der Waals surface area contributed by atoms with Crippen molar-refractivity contribution in [3.05, 3.63) is 52.3 Å². The minimum absolute atomic E-state index is 0.737. The van der Waals surface area contributed by atoms with Crippen LogP contribution in [0.5, 0.6) is 0 Å². The molecule has 0 atom stereocenters. The molecule has 0 saturated heterocycles. The van der Waals surface area contributed by atoms with Gasteiger partial charge < -0.3 is 5.32 Å². The fourth-order valence-corrected chi connectivity index (χ4v) is 2.50. The van der Waals surface area contributed by atoms with Gasteiger partial charge in [-0.3, -0.25) is 4.68 Å². The quantitative estimate of drug-likeness (QED) is 0.844. The van der Waals surface area contributed by atoms with Crippen molar-refractivity contribution in [1.82, 2.24) is 15.1 Å². The van der Waals surface area contributed by atoms with Crippen molar-refractivity contribution < 1.29 is 0 Å². The van der Waals surface area contributed by atoms with Crippen LogP contribution in [0.4, 0.5) is 0 Å². The molecule has 0 saturated carbocycles. The molecule has 2 rings (SSSR count). The van der Waals surface area contributed by atoms with E-state index < -0.39 is 0 Å². The van der Waals surface area contributed by atoms with Gasteiger partial charge in [0.25, 0.3) is 0 Å². The van der Waals surface area contributed by atoms with Crippen molar-refractivity contribution in [2.45, 2.75) is 39.8 Å². The van der Waals surface area contributed by atoms with Gasteiger partial charge in [-0.2, -0.15) is 5.10 Å². The van der Waals surface area contributed by atoms with E-state index in [0.29, 0.717) is 0 Å². The largest absolute Gasteiger partial charge is 0.313 e. The van der Waals surface area contributed by atoms with Crippen LogP contribution in [0.2, 0.25) is 5.02 Å². The number of nitrogens with one attached hydrogen (secondary N) is 1. The van der Waals surface area contributed by atoms with Crippen molar-refractivity contribution in [3.8, 4) is 0 Å². The van der Waals surface area contributed by atoms with Gasteiger partial charge in [-0.15, -0.1) is 0 Å². The molecular formula is C16H22ClN3. The summed E-state index contributed by atoms with van der Waals surface area (Å²) in [7, 11) is 0. The molecule has 1 heterocycles. The van der Waals surface area contributed by atoms with E-state index in [4.69, 9.17) is 11.6 Å². The summed E-state index contributed by atoms with van der Waals surface area (Å²) < 4.78 is 2.08. The molecule has 1 aromatic carbocycles. The maximum Gasteiger partial charge on any atom is 0.0677 e. The van der Waals surface area contributed by atoms with E-state index >= 15 is 0 Å². The summed E-state index contributed by atoms with van der Waals surface area (Å²) in [6.07, 6.45) is 4.14. The zero-order valence-corrected chi connectivity index (χ0v) is 13.0. The molecule has 1 aromatic heterocycles. The molecule has 20 heavy (non-hydrogen) atoms. The number of aromatic nitrogens is 2. The van der Waals surface area contributed by atoms with Gasteiger partial charge in [0.2, 0.25) is 0 Å². The van der Waals surface area contributed by atoms with Crippen LogP contribution in [-0.2, 0) is 19.5 Å². The molecule has 0 bridgehead atoms. The van der Waals surface area contributed by atoms with Gasteiger partial charge in [-0.25, -0.2) is 0 Å². The summed E-state index contributed by atoms with van der Waals surface area (Å²) in [6, 6.07) is 7.96. The van der Waals surface area contributed by atoms with Gasteiger partial charge in [0.05, 0.1) is 12.7 Å². The number of rotatable bonds is 7. The molecule has 0 fully saturated rings. The molecule has 108 valence electrons. The van der Waals surface area contributed by atoms with E-state index in [2.05, 4.69) is 35.0 Å². The van der Waals surface area contributed by atoms with E-state index in [9.17, 15) is 0 Å². The summed E-state index contributed by atoms with van der Waals surface area (Å²) in [4.78, 5) is 0. The molecule has 0 spiro atoms. The van der Waals surface area contributed by atoms with E-state index in [0.717, 1.165) is 43.1 Å². The lowest BCUT2D eigenvalue weighted by molar-refractivity contribution is 0.630. The van der Waals surface area contributed by atoms with Crippen LogP contribution >= 0.6 is 11.6 Å². The third-order valence-electron chi connectivity index (χ3n) is 3.37. The molecule has 0 radical (unpaired) electrons. The highest BCUT2D eigenvalue weighted by atomic mass is 35.5. The van der Waals surface area contributed by atoms with Gasteiger partial charge in [-0.1, -0.05) is 50.1 Å². The van der Waals surface area contributed by atoms with E-state index in [-0.39, 0.29) is 0 Å². The highest BCUT2D eigenvalue weighted by Crippen LogP contribution is 2.19. The van der Waals surface area contributed by atoms with E-state index in [1.807, 2.05) is 24.4 Å². The average molecular weight is 292 g/mol. The predicted molar refractivity (Wildman–Crippen MR) is 84.2 cm³/mol. The van der Waals surface area contributed by atoms with Crippen LogP contribution in [-0.4, -0.2) is 16.3 Å². The Morgan fingerprint density at radius 3 is 2.70 bits per heavy atom. The smallest absolute Gasteiger partial charge is 0.0677 e. The van der Waals surface area contributed by atoms with E-state index in [1.165, 1.54) is 11.3 Å². The zero-order valence-electron chi connectivity index (χ0n) is 12.2. The van der Waals surface area contributed by atoms with Gasteiger partial charge in [0, 0.05) is 22.8 Å². The summed E-state index contributed by atoms with van der Waals surface area (Å²) >= 11 is 6.24. The number of benzene rings is 1. The Bertz CT molecular complexity index is 548. The molecular weight excluding hydrogens is 270 g/mol. The van der Waals surface area contributed by atoms with Gasteiger partial charge >= 0.3 is 0 Å². The van der Waals surface area contributed by atoms with Crippen molar-refractivity contribution in [2.24, 2.45) is 0 Å². The highest BCUT2D eigenvalue weighted by Gasteiger charge is 2.11. The lowest BCUT2D eigenvalue weighted by atomic mass is 10.1. The van der Waals surface area contributed by atoms with Gasteiger partial charge in [0.15, 0.2) is 0 Å². The zero-order chi connectivity index (χ0) is 14.4. The Labute approximate surface area is 126 Å². The third-order valence-corrected chi connectivity index (χ3v) is 3.73.